The predicted molar refractivity (Wildman–Crippen MR) is 157 cm³/mol. The van der Waals surface area contributed by atoms with Gasteiger partial charge >= 0.3 is 19.8 Å². The Morgan fingerprint density at radius 2 is 0.595 bits per heavy atom. The minimum Gasteiger partial charge on any atom is -0.324 e. The van der Waals surface area contributed by atoms with E-state index in [-0.39, 0.29) is 0 Å². The smallest absolute Gasteiger partial charge is 0.164 e. The summed E-state index contributed by atoms with van der Waals surface area (Å²) in [5.41, 5.74) is 6.45. The van der Waals surface area contributed by atoms with Crippen molar-refractivity contribution in [1.82, 2.24) is 39.9 Å². The summed E-state index contributed by atoms with van der Waals surface area (Å²) in [5.74, 6) is 2.39. The Balaban J connectivity index is 0.00000131. The Kier molecular flexibility index (Phi) is 5.62. The van der Waals surface area contributed by atoms with Gasteiger partial charge in [-0.15, -0.1) is 0 Å². The van der Waals surface area contributed by atoms with E-state index in [1.54, 1.807) is 0 Å². The minimum absolute atomic E-state index is 0.597. The number of aromatic nitrogens is 8. The summed E-state index contributed by atoms with van der Waals surface area (Å²) < 4.78 is 9.19. The largest absolute Gasteiger partial charge is 0.324 e. The summed E-state index contributed by atoms with van der Waals surface area (Å²) in [7, 11) is 0. The summed E-state index contributed by atoms with van der Waals surface area (Å²) >= 11 is 2.06. The monoisotopic (exact) mass is 592 g/mol. The molecule has 2 aliphatic rings. The first kappa shape index (κ1) is 24.5. The van der Waals surface area contributed by atoms with E-state index in [9.17, 15) is 3.58 Å². The van der Waals surface area contributed by atoms with Crippen molar-refractivity contribution in [1.29, 1.82) is 0 Å². The van der Waals surface area contributed by atoms with Crippen LogP contribution in [-0.2, 0) is 16.2 Å². The van der Waals surface area contributed by atoms with Crippen molar-refractivity contribution >= 4 is 44.1 Å². The van der Waals surface area contributed by atoms with Crippen molar-refractivity contribution in [3.8, 4) is 45.6 Å². The van der Waals surface area contributed by atoms with Crippen molar-refractivity contribution in [3.63, 3.8) is 0 Å². The molecule has 8 bridgehead atoms. The Bertz CT molecular complexity index is 2040. The van der Waals surface area contributed by atoms with Crippen LogP contribution in [0.15, 0.2) is 97.1 Å². The normalized spacial score (nSPS) is 11.6. The van der Waals surface area contributed by atoms with Gasteiger partial charge in [0, 0.05) is 43.8 Å². The second kappa shape index (κ2) is 9.65. The molecule has 5 heterocycles. The van der Waals surface area contributed by atoms with Crippen LogP contribution in [-0.4, -0.2) is 39.9 Å². The standard InChI is InChI=1S/C32H18N8.Co.FH/c1-2-10-18-17(9-1)25-33-26(18)38-28-21-13-5-6-14-22(21)30(35-28)40-32-24-16-8-7-15-23(24)31(36-32)39-29-20-12-4-3-11-19(20)27(34-29)37-25;;/h1-16H,(H2,33,34,35,36,37,38,39,40);;1H/q;+1;/p-1. The fourth-order valence-electron chi connectivity index (χ4n) is 5.59. The predicted octanol–water partition coefficient (Wildman–Crippen LogP) is 7.29. The number of nitrogens with one attached hydrogen (secondary N) is 2. The molecule has 42 heavy (non-hydrogen) atoms. The van der Waals surface area contributed by atoms with Gasteiger partial charge in [0.05, 0.1) is 0 Å². The average Bonchev–Trinajstić information content (AvgIpc) is 3.78. The van der Waals surface area contributed by atoms with Gasteiger partial charge in [0.2, 0.25) is 0 Å². The summed E-state index contributed by atoms with van der Waals surface area (Å²) in [6, 6.07) is 32.2. The van der Waals surface area contributed by atoms with Crippen LogP contribution in [0.2, 0.25) is 0 Å². The van der Waals surface area contributed by atoms with E-state index in [2.05, 4.69) is 26.2 Å². The van der Waals surface area contributed by atoms with Crippen molar-refractivity contribution in [3.05, 3.63) is 97.1 Å². The topological polar surface area (TPSA) is 109 Å². The van der Waals surface area contributed by atoms with Crippen molar-refractivity contribution in [2.75, 3.05) is 0 Å². The number of fused-ring (bicyclic) bond motifs is 20. The molecule has 0 unspecified atom stereocenters. The molecule has 0 fully saturated rings. The fraction of sp³-hybridized carbons (Fsp3) is 0. The molecule has 0 aliphatic carbocycles. The number of nitrogens with zero attached hydrogens (tertiary/aromatic N) is 6. The van der Waals surface area contributed by atoms with E-state index in [4.69, 9.17) is 29.9 Å². The van der Waals surface area contributed by atoms with Gasteiger partial charge in [-0.25, -0.2) is 29.9 Å². The SMILES string of the molecule is [F][Co].c1ccc2c(c1)-c1nc-2nc2[nH]c(nc3nc(nc4[nH]c(n1)c1ccccc41)-c1ccccc1-3)c1ccccc21. The van der Waals surface area contributed by atoms with E-state index < -0.39 is 0 Å². The van der Waals surface area contributed by atoms with E-state index in [1.807, 2.05) is 97.1 Å². The quantitative estimate of drug-likeness (QED) is 0.192. The van der Waals surface area contributed by atoms with Crippen LogP contribution >= 0.6 is 0 Å². The van der Waals surface area contributed by atoms with Gasteiger partial charge in [-0.3, -0.25) is 0 Å². The maximum Gasteiger partial charge on any atom is 0.164 e. The van der Waals surface area contributed by atoms with Gasteiger partial charge in [0.1, 0.15) is 22.6 Å². The van der Waals surface area contributed by atoms with Gasteiger partial charge in [0.15, 0.2) is 23.3 Å². The van der Waals surface area contributed by atoms with Crippen LogP contribution in [0.5, 0.6) is 0 Å². The third-order valence-electron chi connectivity index (χ3n) is 7.46. The molecule has 4 aromatic carbocycles. The number of benzene rings is 4. The molecule has 8 nitrogen and oxygen atoms in total. The summed E-state index contributed by atoms with van der Waals surface area (Å²) in [6.07, 6.45) is 0. The molecule has 0 atom stereocenters. The van der Waals surface area contributed by atoms with Crippen LogP contribution in [0.3, 0.4) is 0 Å². The molecule has 2 N–H and O–H groups in total. The van der Waals surface area contributed by atoms with Crippen LogP contribution in [0.1, 0.15) is 0 Å². The van der Waals surface area contributed by atoms with Crippen LogP contribution in [0.25, 0.3) is 89.7 Å². The van der Waals surface area contributed by atoms with Gasteiger partial charge in [0.25, 0.3) is 0 Å². The number of rotatable bonds is 0. The second-order valence-corrected chi connectivity index (χ2v) is 9.79. The molecular weight excluding hydrogens is 574 g/mol. The Morgan fingerprint density at radius 3 is 0.857 bits per heavy atom. The van der Waals surface area contributed by atoms with Crippen molar-refractivity contribution in [2.24, 2.45) is 0 Å². The summed E-state index contributed by atoms with van der Waals surface area (Å²) in [4.78, 5) is 36.8. The Labute approximate surface area is 245 Å². The number of H-pyrrole nitrogens is 2. The molecule has 0 spiro atoms. The summed E-state index contributed by atoms with van der Waals surface area (Å²) in [6.45, 7) is 0. The van der Waals surface area contributed by atoms with Crippen molar-refractivity contribution < 1.29 is 19.8 Å². The van der Waals surface area contributed by atoms with Crippen LogP contribution in [0, 0.1) is 0 Å². The third kappa shape index (κ3) is 3.73. The van der Waals surface area contributed by atoms with Gasteiger partial charge in [-0.1, -0.05) is 97.1 Å². The molecule has 0 amide bonds. The summed E-state index contributed by atoms with van der Waals surface area (Å²) in [5, 5.41) is 3.82. The molecule has 0 saturated heterocycles. The zero-order chi connectivity index (χ0) is 28.2. The van der Waals surface area contributed by atoms with Gasteiger partial charge in [-0.2, -0.15) is 0 Å². The van der Waals surface area contributed by atoms with E-state index in [0.717, 1.165) is 43.8 Å². The first-order valence-electron chi connectivity index (χ1n) is 13.1. The average molecular weight is 592 g/mol. The molecular formula is C32H18CoFN8. The molecule has 0 radical (unpaired) electrons. The number of aromatic amines is 2. The fourth-order valence-corrected chi connectivity index (χ4v) is 5.59. The molecule has 3 aromatic heterocycles. The Hall–Kier alpha value is -5.32. The first-order valence-corrected chi connectivity index (χ1v) is 13.5. The number of hydrogen-bond donors (Lipinski definition) is 2. The molecule has 7 aromatic rings. The zero-order valence-electron chi connectivity index (χ0n) is 21.6. The van der Waals surface area contributed by atoms with E-state index in [0.29, 0.717) is 45.9 Å². The van der Waals surface area contributed by atoms with E-state index >= 15 is 0 Å². The maximum atomic E-state index is 9.19. The molecule has 2 aliphatic heterocycles. The number of hydrogen-bond acceptors (Lipinski definition) is 6. The zero-order valence-corrected chi connectivity index (χ0v) is 22.7. The van der Waals surface area contributed by atoms with Gasteiger partial charge < -0.3 is 9.97 Å². The maximum absolute atomic E-state index is 9.19. The van der Waals surface area contributed by atoms with Crippen molar-refractivity contribution in [2.45, 2.75) is 0 Å². The minimum atomic E-state index is 0.597. The van der Waals surface area contributed by atoms with Gasteiger partial charge in [-0.05, 0) is 0 Å². The first-order chi connectivity index (χ1) is 20.8. The van der Waals surface area contributed by atoms with Crippen LogP contribution < -0.4 is 0 Å². The second-order valence-electron chi connectivity index (χ2n) is 9.79. The third-order valence-corrected chi connectivity index (χ3v) is 7.46. The van der Waals surface area contributed by atoms with E-state index in [1.165, 1.54) is 0 Å². The number of halogens is 1. The molecule has 10 heteroatoms. The van der Waals surface area contributed by atoms with Crippen LogP contribution in [0.4, 0.5) is 3.58 Å². The molecule has 202 valence electrons. The molecule has 9 rings (SSSR count). The Morgan fingerprint density at radius 1 is 0.357 bits per heavy atom. The molecule has 0 saturated carbocycles.